The van der Waals surface area contributed by atoms with Crippen LogP contribution in [-0.4, -0.2) is 192 Å². The second kappa shape index (κ2) is 26.4. The number of aliphatic hydroxyl groups excluding tert-OH is 8. The summed E-state index contributed by atoms with van der Waals surface area (Å²) in [6.07, 6.45) is -22.7. The molecule has 0 unspecified atom stereocenters. The standard InChI is InChI=1S/C45H56N6O15.C2HF3O2/c52-21-32(54)40(66-45-39(60)36(57)35(56)33(22-53)65-45)37(58)38(59)44(64)51-31-18-34(55)49-30(17-25-19-46-28-14-8-7-13-27(25)28)43(63)50-29(16-24-11-5-2-6-12-24)42(62)48-26(20-47-41(31)61)15-23-9-3-1-4-10-23;3-2(4,5)1(6)7/h1-14,19,26,29-33,35-40,45-46,52-54,56-60H,15-18,20-22H2,(H,47,61)(H,48,62)(H,49,55)(H,50,63)(H,51,64);(H,6,7)/t26-,29+,30+,31-,32-,33-,35+,36+,37-,38-,39-,40-,45+;/m1./s1. The molecule has 1 aromatic heterocycles. The summed E-state index contributed by atoms with van der Waals surface area (Å²) < 4.78 is 42.4. The number of alkyl halides is 3. The Bertz CT molecular complexity index is 2470. The number of H-pyrrole nitrogens is 1. The van der Waals surface area contributed by atoms with Crippen LogP contribution in [0.5, 0.6) is 0 Å². The molecule has 4 aromatic rings. The van der Waals surface area contributed by atoms with Crippen LogP contribution in [0, 0.1) is 0 Å². The number of halogens is 3. The van der Waals surface area contributed by atoms with E-state index in [0.717, 1.165) is 22.0 Å². The number of hydrogen-bond donors (Lipinski definition) is 15. The first-order valence-corrected chi connectivity index (χ1v) is 22.6. The zero-order chi connectivity index (χ0) is 53.6. The fourth-order valence-corrected chi connectivity index (χ4v) is 7.86. The van der Waals surface area contributed by atoms with Gasteiger partial charge in [0.15, 0.2) is 12.4 Å². The maximum Gasteiger partial charge on any atom is 0.490 e. The van der Waals surface area contributed by atoms with E-state index in [1.165, 1.54) is 0 Å². The van der Waals surface area contributed by atoms with Gasteiger partial charge < -0.3 is 87.0 Å². The number of aliphatic hydroxyl groups is 8. The summed E-state index contributed by atoms with van der Waals surface area (Å²) in [6.45, 7) is -2.27. The molecule has 3 aromatic carbocycles. The number of rotatable bonds is 15. The molecule has 5 amide bonds. The molecule has 15 N–H and O–H groups in total. The number of nitrogens with one attached hydrogen (secondary N) is 6. The second-order valence-corrected chi connectivity index (χ2v) is 17.1. The molecule has 73 heavy (non-hydrogen) atoms. The quantitative estimate of drug-likeness (QED) is 0.0551. The molecular formula is C47H57F3N6O17. The van der Waals surface area contributed by atoms with Crippen LogP contribution in [0.15, 0.2) is 91.1 Å². The Kier molecular flexibility index (Phi) is 20.7. The van der Waals surface area contributed by atoms with E-state index in [1.807, 2.05) is 18.2 Å². The van der Waals surface area contributed by atoms with E-state index in [9.17, 15) is 78.0 Å². The number of para-hydroxylation sites is 1. The molecule has 26 heteroatoms. The van der Waals surface area contributed by atoms with Crippen LogP contribution in [0.3, 0.4) is 0 Å². The second-order valence-electron chi connectivity index (χ2n) is 17.1. The topological polar surface area (TPSA) is 379 Å². The van der Waals surface area contributed by atoms with Crippen molar-refractivity contribution in [2.75, 3.05) is 19.8 Å². The maximum absolute atomic E-state index is 14.3. The lowest BCUT2D eigenvalue weighted by Gasteiger charge is -2.42. The maximum atomic E-state index is 14.3. The summed E-state index contributed by atoms with van der Waals surface area (Å²) >= 11 is 0. The van der Waals surface area contributed by atoms with Crippen molar-refractivity contribution in [2.45, 2.75) is 111 Å². The van der Waals surface area contributed by atoms with Crippen molar-refractivity contribution in [3.63, 3.8) is 0 Å². The van der Waals surface area contributed by atoms with Gasteiger partial charge >= 0.3 is 12.1 Å². The van der Waals surface area contributed by atoms with Crippen LogP contribution in [-0.2, 0) is 57.5 Å². The number of carbonyl (C=O) groups is 6. The van der Waals surface area contributed by atoms with Crippen molar-refractivity contribution in [2.24, 2.45) is 0 Å². The van der Waals surface area contributed by atoms with Crippen LogP contribution in [0.4, 0.5) is 13.2 Å². The van der Waals surface area contributed by atoms with Gasteiger partial charge in [-0.05, 0) is 29.2 Å². The lowest BCUT2D eigenvalue weighted by Crippen LogP contribution is -2.62. The molecule has 13 atom stereocenters. The van der Waals surface area contributed by atoms with Gasteiger partial charge in [0.1, 0.15) is 60.9 Å². The molecule has 0 saturated carbocycles. The Labute approximate surface area is 413 Å². The highest BCUT2D eigenvalue weighted by molar-refractivity contribution is 5.96. The molecule has 0 bridgehead atoms. The first-order valence-electron chi connectivity index (χ1n) is 22.6. The molecule has 0 radical (unpaired) electrons. The highest BCUT2D eigenvalue weighted by Crippen LogP contribution is 2.26. The Hall–Kier alpha value is -6.59. The first kappa shape index (κ1) is 57.3. The molecule has 3 heterocycles. The summed E-state index contributed by atoms with van der Waals surface area (Å²) in [6, 6.07) is 20.1. The zero-order valence-corrected chi connectivity index (χ0v) is 38.5. The van der Waals surface area contributed by atoms with Gasteiger partial charge in [0.25, 0.3) is 5.91 Å². The Morgan fingerprint density at radius 3 is 1.93 bits per heavy atom. The summed E-state index contributed by atoms with van der Waals surface area (Å²) in [5.41, 5.74) is 2.88. The van der Waals surface area contributed by atoms with Crippen LogP contribution in [0.1, 0.15) is 23.1 Å². The van der Waals surface area contributed by atoms with Gasteiger partial charge in [0, 0.05) is 36.5 Å². The van der Waals surface area contributed by atoms with Gasteiger partial charge in [-0.1, -0.05) is 78.9 Å². The van der Waals surface area contributed by atoms with E-state index in [2.05, 4.69) is 31.6 Å². The van der Waals surface area contributed by atoms with Gasteiger partial charge in [0.05, 0.1) is 25.7 Å². The van der Waals surface area contributed by atoms with E-state index in [-0.39, 0.29) is 25.8 Å². The fraction of sp³-hybridized carbons (Fsp3) is 0.447. The van der Waals surface area contributed by atoms with Crippen molar-refractivity contribution in [1.29, 1.82) is 0 Å². The number of carbonyl (C=O) groups excluding carboxylic acids is 5. The monoisotopic (exact) mass is 1030 g/mol. The van der Waals surface area contributed by atoms with Gasteiger partial charge in [-0.3, -0.25) is 24.0 Å². The predicted molar refractivity (Wildman–Crippen MR) is 245 cm³/mol. The number of benzene rings is 3. The van der Waals surface area contributed by atoms with Crippen molar-refractivity contribution in [3.05, 3.63) is 108 Å². The highest BCUT2D eigenvalue weighted by atomic mass is 19.4. The number of carboxylic acid groups (broad SMARTS) is 1. The number of fused-ring (bicyclic) bond motifs is 1. The van der Waals surface area contributed by atoms with E-state index in [1.54, 1.807) is 72.9 Å². The molecule has 6 rings (SSSR count). The first-order chi connectivity index (χ1) is 34.6. The number of amides is 5. The van der Waals surface area contributed by atoms with E-state index in [4.69, 9.17) is 19.4 Å². The third-order valence-corrected chi connectivity index (χ3v) is 11.8. The zero-order valence-electron chi connectivity index (χ0n) is 38.5. The molecule has 2 aliphatic rings. The summed E-state index contributed by atoms with van der Waals surface area (Å²) in [4.78, 5) is 82.3. The minimum atomic E-state index is -5.08. The third-order valence-electron chi connectivity index (χ3n) is 11.8. The molecular weight excluding hydrogens is 978 g/mol. The number of carboxylic acids is 1. The van der Waals surface area contributed by atoms with Crippen molar-refractivity contribution >= 4 is 46.4 Å². The van der Waals surface area contributed by atoms with Crippen LogP contribution in [0.2, 0.25) is 0 Å². The summed E-state index contributed by atoms with van der Waals surface area (Å²) in [5.74, 6) is -7.48. The largest absolute Gasteiger partial charge is 0.490 e. The number of aliphatic carboxylic acids is 1. The Morgan fingerprint density at radius 1 is 0.753 bits per heavy atom. The van der Waals surface area contributed by atoms with Gasteiger partial charge in [0.2, 0.25) is 23.6 Å². The van der Waals surface area contributed by atoms with E-state index < -0.39 is 141 Å². The van der Waals surface area contributed by atoms with Crippen molar-refractivity contribution in [1.82, 2.24) is 31.6 Å². The number of aromatic nitrogens is 1. The Balaban J connectivity index is 0.00000131. The van der Waals surface area contributed by atoms with Gasteiger partial charge in [-0.2, -0.15) is 13.2 Å². The molecule has 0 aliphatic carbocycles. The number of aromatic amines is 1. The average molecular weight is 1030 g/mol. The number of hydrogen-bond acceptors (Lipinski definition) is 16. The summed E-state index contributed by atoms with van der Waals surface area (Å²) in [7, 11) is 0. The number of ether oxygens (including phenoxy) is 2. The fourth-order valence-electron chi connectivity index (χ4n) is 7.86. The SMILES string of the molecule is O=C(O)C(F)(F)F.O=C1C[C@@H](NC(=O)[C@H](O)[C@@H](O)[C@H](O[C@@H]2O[C@H](CO)[C@H](O)[C@H](O)[C@H]2O)[C@H](O)CO)C(=O)NC[C@@H](Cc2ccccc2)NC(=O)[C@H](Cc2ccccc2)NC(=O)[C@H](Cc2c[nH]c3ccccc23)N1. The third kappa shape index (κ3) is 16.0. The van der Waals surface area contributed by atoms with E-state index in [0.29, 0.717) is 5.56 Å². The molecule has 398 valence electrons. The Morgan fingerprint density at radius 2 is 1.33 bits per heavy atom. The average Bonchev–Trinajstić information content (AvgIpc) is 3.78. The molecule has 0 spiro atoms. The smallest absolute Gasteiger partial charge is 0.475 e. The molecule has 2 fully saturated rings. The highest BCUT2D eigenvalue weighted by Gasteiger charge is 2.48. The van der Waals surface area contributed by atoms with Crippen molar-refractivity contribution in [3.8, 4) is 0 Å². The molecule has 23 nitrogen and oxygen atoms in total. The molecule has 2 saturated heterocycles. The normalized spacial score (nSPS) is 26.0. The minimum absolute atomic E-state index is 0.0720. The van der Waals surface area contributed by atoms with Gasteiger partial charge in [-0.15, -0.1) is 0 Å². The van der Waals surface area contributed by atoms with Crippen LogP contribution in [0.25, 0.3) is 10.9 Å². The minimum Gasteiger partial charge on any atom is -0.475 e. The molecule has 2 aliphatic heterocycles. The lowest BCUT2D eigenvalue weighted by molar-refractivity contribution is -0.326. The predicted octanol–water partition coefficient (Wildman–Crippen LogP) is -3.45. The van der Waals surface area contributed by atoms with Crippen LogP contribution < -0.4 is 26.6 Å². The van der Waals surface area contributed by atoms with Crippen molar-refractivity contribution < 1.29 is 97.4 Å². The van der Waals surface area contributed by atoms with E-state index >= 15 is 0 Å². The van der Waals surface area contributed by atoms with Gasteiger partial charge in [-0.25, -0.2) is 4.79 Å². The summed E-state index contributed by atoms with van der Waals surface area (Å²) in [5, 5.41) is 104. The lowest BCUT2D eigenvalue weighted by atomic mass is 9.98. The van der Waals surface area contributed by atoms with Crippen LogP contribution >= 0.6 is 0 Å².